The Labute approximate surface area is 150 Å². The fourth-order valence-corrected chi connectivity index (χ4v) is 2.44. The third kappa shape index (κ3) is 4.77. The molecule has 3 rings (SSSR count). The van der Waals surface area contributed by atoms with Gasteiger partial charge in [-0.15, -0.1) is 0 Å². The summed E-state index contributed by atoms with van der Waals surface area (Å²) < 4.78 is 12.8. The molecule has 0 saturated carbocycles. The molecule has 128 valence electrons. The van der Waals surface area contributed by atoms with E-state index in [-0.39, 0.29) is 5.97 Å². The van der Waals surface area contributed by atoms with Gasteiger partial charge in [-0.05, 0) is 41.8 Å². The summed E-state index contributed by atoms with van der Waals surface area (Å²) in [7, 11) is 0. The maximum absolute atomic E-state index is 12.0. The molecule has 1 aromatic heterocycles. The van der Waals surface area contributed by atoms with E-state index in [9.17, 15) is 4.79 Å². The standard InChI is InChI=1S/C20H17NO2.C2H6/c1-2-23-20(22)14-18(15-7-4-3-5-8-15)16-10-11-19-17(13-16)9-6-12-21-19;1-2/h3-14H,2H2,1H3;1-2H3/b18-14-;/i6D;. The molecular formula is C22H23NO2. The van der Waals surface area contributed by atoms with Crippen molar-refractivity contribution in [1.29, 1.82) is 0 Å². The van der Waals surface area contributed by atoms with Crippen LogP contribution in [0.3, 0.4) is 0 Å². The van der Waals surface area contributed by atoms with Gasteiger partial charge >= 0.3 is 5.97 Å². The molecule has 0 aliphatic heterocycles. The van der Waals surface area contributed by atoms with Crippen molar-refractivity contribution >= 4 is 22.4 Å². The van der Waals surface area contributed by atoms with Crippen LogP contribution in [-0.4, -0.2) is 17.6 Å². The predicted molar refractivity (Wildman–Crippen MR) is 103 cm³/mol. The maximum atomic E-state index is 12.0. The number of hydrogen-bond donors (Lipinski definition) is 0. The Morgan fingerprint density at radius 3 is 2.60 bits per heavy atom. The Bertz CT molecular complexity index is 904. The number of aromatic nitrogens is 1. The summed E-state index contributed by atoms with van der Waals surface area (Å²) in [6, 6.07) is 17.6. The second kappa shape index (κ2) is 9.38. The van der Waals surface area contributed by atoms with E-state index in [2.05, 4.69) is 4.98 Å². The minimum absolute atomic E-state index is 0.335. The van der Waals surface area contributed by atoms with Crippen molar-refractivity contribution in [3.8, 4) is 0 Å². The van der Waals surface area contributed by atoms with Gasteiger partial charge in [-0.25, -0.2) is 4.79 Å². The second-order valence-corrected chi connectivity index (χ2v) is 5.02. The van der Waals surface area contributed by atoms with E-state index in [1.807, 2.05) is 62.4 Å². The van der Waals surface area contributed by atoms with E-state index in [4.69, 9.17) is 6.11 Å². The average Bonchev–Trinajstić information content (AvgIpc) is 2.68. The molecular weight excluding hydrogens is 310 g/mol. The number of esters is 1. The van der Waals surface area contributed by atoms with Gasteiger partial charge in [-0.2, -0.15) is 0 Å². The topological polar surface area (TPSA) is 39.2 Å². The van der Waals surface area contributed by atoms with Crippen LogP contribution >= 0.6 is 0 Å². The molecule has 0 aliphatic carbocycles. The van der Waals surface area contributed by atoms with E-state index < -0.39 is 0 Å². The summed E-state index contributed by atoms with van der Waals surface area (Å²) in [5.74, 6) is -0.371. The maximum Gasteiger partial charge on any atom is 0.331 e. The van der Waals surface area contributed by atoms with Crippen LogP contribution in [0.4, 0.5) is 0 Å². The number of hydrogen-bond acceptors (Lipinski definition) is 3. The van der Waals surface area contributed by atoms with Crippen molar-refractivity contribution in [3.63, 3.8) is 0 Å². The first-order valence-electron chi connectivity index (χ1n) is 8.98. The van der Waals surface area contributed by atoms with Crippen LogP contribution < -0.4 is 0 Å². The van der Waals surface area contributed by atoms with Crippen molar-refractivity contribution in [1.82, 2.24) is 4.98 Å². The Kier molecular flexibility index (Phi) is 6.34. The van der Waals surface area contributed by atoms with Crippen molar-refractivity contribution in [2.45, 2.75) is 20.8 Å². The molecule has 0 aliphatic rings. The number of nitrogens with zero attached hydrogens (tertiary/aromatic N) is 1. The molecule has 25 heavy (non-hydrogen) atoms. The van der Waals surface area contributed by atoms with Crippen LogP contribution in [-0.2, 0) is 9.53 Å². The lowest BCUT2D eigenvalue weighted by Crippen LogP contribution is -2.02. The quantitative estimate of drug-likeness (QED) is 0.483. The van der Waals surface area contributed by atoms with Crippen LogP contribution in [0.2, 0.25) is 0 Å². The van der Waals surface area contributed by atoms with E-state index in [1.165, 1.54) is 12.3 Å². The zero-order valence-corrected chi connectivity index (χ0v) is 14.8. The van der Waals surface area contributed by atoms with Crippen molar-refractivity contribution in [3.05, 3.63) is 84.0 Å². The van der Waals surface area contributed by atoms with Crippen LogP contribution in [0.5, 0.6) is 0 Å². The summed E-state index contributed by atoms with van der Waals surface area (Å²) in [4.78, 5) is 16.2. The van der Waals surface area contributed by atoms with Gasteiger partial charge in [0, 0.05) is 17.7 Å². The number of benzene rings is 2. The van der Waals surface area contributed by atoms with Gasteiger partial charge in [0.15, 0.2) is 0 Å². The van der Waals surface area contributed by atoms with Crippen molar-refractivity contribution in [2.24, 2.45) is 0 Å². The molecule has 3 nitrogen and oxygen atoms in total. The number of carbonyl (C=O) groups excluding carboxylic acids is 1. The summed E-state index contributed by atoms with van der Waals surface area (Å²) in [5.41, 5.74) is 3.42. The van der Waals surface area contributed by atoms with E-state index in [1.54, 1.807) is 13.0 Å². The van der Waals surface area contributed by atoms with Gasteiger partial charge in [0.2, 0.25) is 0 Å². The third-order valence-electron chi connectivity index (χ3n) is 3.49. The van der Waals surface area contributed by atoms with E-state index in [0.29, 0.717) is 12.6 Å². The number of pyridine rings is 1. The highest BCUT2D eigenvalue weighted by molar-refractivity contribution is 5.97. The first kappa shape index (κ1) is 16.9. The SMILES string of the molecule is CC.[2H]c1cnc2ccc(/C(=C\C(=O)OCC)c3ccccc3)cc2c1. The summed E-state index contributed by atoms with van der Waals surface area (Å²) >= 11 is 0. The van der Waals surface area contributed by atoms with Gasteiger partial charge < -0.3 is 4.74 Å². The molecule has 0 unspecified atom stereocenters. The van der Waals surface area contributed by atoms with Crippen LogP contribution in [0.15, 0.2) is 72.9 Å². The summed E-state index contributed by atoms with van der Waals surface area (Å²) in [6.45, 7) is 6.12. The molecule has 0 N–H and O–H groups in total. The molecule has 0 spiro atoms. The van der Waals surface area contributed by atoms with Gasteiger partial charge in [-0.1, -0.05) is 56.3 Å². The molecule has 0 fully saturated rings. The molecule has 0 saturated heterocycles. The minimum atomic E-state index is -0.371. The van der Waals surface area contributed by atoms with Gasteiger partial charge in [0.05, 0.1) is 13.5 Å². The van der Waals surface area contributed by atoms with E-state index >= 15 is 0 Å². The third-order valence-corrected chi connectivity index (χ3v) is 3.49. The largest absolute Gasteiger partial charge is 0.463 e. The zero-order chi connectivity index (χ0) is 18.9. The molecule has 0 bridgehead atoms. The molecule has 3 heteroatoms. The van der Waals surface area contributed by atoms with E-state index in [0.717, 1.165) is 27.6 Å². The van der Waals surface area contributed by atoms with Gasteiger partial charge in [-0.3, -0.25) is 4.98 Å². The Balaban J connectivity index is 0.00000117. The number of rotatable bonds is 4. The number of ether oxygens (including phenoxy) is 1. The van der Waals surface area contributed by atoms with Crippen LogP contribution in [0, 0.1) is 0 Å². The molecule has 3 aromatic rings. The lowest BCUT2D eigenvalue weighted by molar-refractivity contribution is -0.137. The monoisotopic (exact) mass is 334 g/mol. The van der Waals surface area contributed by atoms with Crippen molar-refractivity contribution < 1.29 is 10.9 Å². The predicted octanol–water partition coefficient (Wildman–Crippen LogP) is 5.26. The fourth-order valence-electron chi connectivity index (χ4n) is 2.44. The number of carbonyl (C=O) groups is 1. The molecule has 0 atom stereocenters. The molecule has 0 radical (unpaired) electrons. The molecule has 2 aromatic carbocycles. The first-order valence-corrected chi connectivity index (χ1v) is 8.48. The highest BCUT2D eigenvalue weighted by atomic mass is 16.5. The summed E-state index contributed by atoms with van der Waals surface area (Å²) in [5, 5.41) is 0.866. The Hall–Kier alpha value is -2.94. The highest BCUT2D eigenvalue weighted by Gasteiger charge is 2.09. The van der Waals surface area contributed by atoms with Crippen LogP contribution in [0.25, 0.3) is 16.5 Å². The van der Waals surface area contributed by atoms with Gasteiger partial charge in [0.25, 0.3) is 0 Å². The summed E-state index contributed by atoms with van der Waals surface area (Å²) in [6.07, 6.45) is 3.03. The first-order chi connectivity index (χ1) is 12.7. The fraction of sp³-hybridized carbons (Fsp3) is 0.182. The average molecular weight is 334 g/mol. The molecule has 1 heterocycles. The number of fused-ring (bicyclic) bond motifs is 1. The van der Waals surface area contributed by atoms with Crippen LogP contribution in [0.1, 0.15) is 33.3 Å². The zero-order valence-electron chi connectivity index (χ0n) is 15.8. The Morgan fingerprint density at radius 1 is 1.12 bits per heavy atom. The second-order valence-electron chi connectivity index (χ2n) is 5.02. The van der Waals surface area contributed by atoms with Gasteiger partial charge in [0.1, 0.15) is 0 Å². The van der Waals surface area contributed by atoms with Crippen molar-refractivity contribution in [2.75, 3.05) is 6.61 Å². The normalized spacial score (nSPS) is 11.3. The lowest BCUT2D eigenvalue weighted by atomic mass is 9.96. The minimum Gasteiger partial charge on any atom is -0.463 e. The smallest absolute Gasteiger partial charge is 0.331 e. The Morgan fingerprint density at radius 2 is 1.88 bits per heavy atom. The molecule has 0 amide bonds. The lowest BCUT2D eigenvalue weighted by Gasteiger charge is -2.09. The highest BCUT2D eigenvalue weighted by Crippen LogP contribution is 2.26.